The van der Waals surface area contributed by atoms with Crippen LogP contribution in [-0.2, 0) is 4.79 Å². The Bertz CT molecular complexity index is 547. The SMILES string of the molecule is CCC1(C(=O)O)CCN(C(=O)c2cccn2C2CC2)C1. The van der Waals surface area contributed by atoms with E-state index in [1.165, 1.54) is 0 Å². The van der Waals surface area contributed by atoms with E-state index in [1.54, 1.807) is 4.90 Å². The highest BCUT2D eigenvalue weighted by molar-refractivity contribution is 5.93. The molecule has 2 heterocycles. The van der Waals surface area contributed by atoms with Crippen molar-refractivity contribution < 1.29 is 14.7 Å². The summed E-state index contributed by atoms with van der Waals surface area (Å²) in [5.74, 6) is -0.814. The molecule has 1 aromatic heterocycles. The number of hydrogen-bond donors (Lipinski definition) is 1. The molecule has 0 aromatic carbocycles. The van der Waals surface area contributed by atoms with E-state index < -0.39 is 11.4 Å². The Labute approximate surface area is 118 Å². The van der Waals surface area contributed by atoms with Gasteiger partial charge in [0.2, 0.25) is 0 Å². The van der Waals surface area contributed by atoms with Gasteiger partial charge in [-0.3, -0.25) is 9.59 Å². The number of amides is 1. The van der Waals surface area contributed by atoms with Crippen LogP contribution in [0.3, 0.4) is 0 Å². The van der Waals surface area contributed by atoms with Crippen LogP contribution in [0.5, 0.6) is 0 Å². The van der Waals surface area contributed by atoms with Crippen molar-refractivity contribution in [2.75, 3.05) is 13.1 Å². The van der Waals surface area contributed by atoms with Gasteiger partial charge >= 0.3 is 5.97 Å². The van der Waals surface area contributed by atoms with Gasteiger partial charge in [-0.05, 0) is 37.8 Å². The summed E-state index contributed by atoms with van der Waals surface area (Å²) in [6, 6.07) is 4.20. The second kappa shape index (κ2) is 4.65. The summed E-state index contributed by atoms with van der Waals surface area (Å²) in [5, 5.41) is 9.40. The Balaban J connectivity index is 1.79. The second-order valence-electron chi connectivity index (χ2n) is 5.95. The molecule has 5 heteroatoms. The van der Waals surface area contributed by atoms with Crippen molar-refractivity contribution in [3.05, 3.63) is 24.0 Å². The number of aliphatic carboxylic acids is 1. The molecular formula is C15H20N2O3. The summed E-state index contributed by atoms with van der Waals surface area (Å²) >= 11 is 0. The number of aromatic nitrogens is 1. The van der Waals surface area contributed by atoms with Crippen LogP contribution in [-0.4, -0.2) is 39.5 Å². The van der Waals surface area contributed by atoms with Gasteiger partial charge in [0.25, 0.3) is 5.91 Å². The van der Waals surface area contributed by atoms with Gasteiger partial charge in [-0.25, -0.2) is 0 Å². The molecule has 1 amide bonds. The van der Waals surface area contributed by atoms with Crippen molar-refractivity contribution in [3.63, 3.8) is 0 Å². The monoisotopic (exact) mass is 276 g/mol. The first-order valence-electron chi connectivity index (χ1n) is 7.27. The molecule has 1 N–H and O–H groups in total. The lowest BCUT2D eigenvalue weighted by molar-refractivity contribution is -0.148. The summed E-state index contributed by atoms with van der Waals surface area (Å²) < 4.78 is 2.04. The lowest BCUT2D eigenvalue weighted by atomic mass is 9.84. The minimum absolute atomic E-state index is 0.0292. The van der Waals surface area contributed by atoms with Gasteiger partial charge in [-0.15, -0.1) is 0 Å². The standard InChI is InChI=1S/C15H20N2O3/c1-2-15(14(19)20)7-9-16(10-15)13(18)12-4-3-8-17(12)11-5-6-11/h3-4,8,11H,2,5-7,9-10H2,1H3,(H,19,20). The largest absolute Gasteiger partial charge is 0.481 e. The highest BCUT2D eigenvalue weighted by atomic mass is 16.4. The molecule has 1 atom stereocenters. The fourth-order valence-electron chi connectivity index (χ4n) is 3.07. The average Bonchev–Trinajstić information content (AvgIpc) is 3.02. The quantitative estimate of drug-likeness (QED) is 0.916. The number of nitrogens with zero attached hydrogens (tertiary/aromatic N) is 2. The van der Waals surface area contributed by atoms with Crippen LogP contribution < -0.4 is 0 Å². The molecule has 2 fully saturated rings. The van der Waals surface area contributed by atoms with Crippen LogP contribution in [0.15, 0.2) is 18.3 Å². The number of rotatable bonds is 4. The molecular weight excluding hydrogens is 256 g/mol. The zero-order chi connectivity index (χ0) is 14.3. The van der Waals surface area contributed by atoms with Gasteiger partial charge in [0.05, 0.1) is 5.41 Å². The molecule has 5 nitrogen and oxygen atoms in total. The first-order chi connectivity index (χ1) is 9.57. The average molecular weight is 276 g/mol. The third kappa shape index (κ3) is 2.01. The highest BCUT2D eigenvalue weighted by Crippen LogP contribution is 2.38. The Morgan fingerprint density at radius 1 is 1.45 bits per heavy atom. The molecule has 1 saturated carbocycles. The Kier molecular flexibility index (Phi) is 3.07. The third-order valence-corrected chi connectivity index (χ3v) is 4.71. The third-order valence-electron chi connectivity index (χ3n) is 4.71. The number of likely N-dealkylation sites (tertiary alicyclic amines) is 1. The molecule has 20 heavy (non-hydrogen) atoms. The van der Waals surface area contributed by atoms with Crippen molar-refractivity contribution in [2.45, 2.75) is 38.6 Å². The molecule has 0 bridgehead atoms. The van der Waals surface area contributed by atoms with Gasteiger partial charge in [0.15, 0.2) is 0 Å². The van der Waals surface area contributed by atoms with Gasteiger partial charge in [-0.1, -0.05) is 6.92 Å². The summed E-state index contributed by atoms with van der Waals surface area (Å²) in [7, 11) is 0. The van der Waals surface area contributed by atoms with Crippen LogP contribution in [0, 0.1) is 5.41 Å². The minimum Gasteiger partial charge on any atom is -0.481 e. The Hall–Kier alpha value is -1.78. The lowest BCUT2D eigenvalue weighted by Gasteiger charge is -2.23. The summed E-state index contributed by atoms with van der Waals surface area (Å²) in [4.78, 5) is 25.8. The normalized spacial score (nSPS) is 25.9. The molecule has 1 aliphatic heterocycles. The molecule has 108 valence electrons. The second-order valence-corrected chi connectivity index (χ2v) is 5.95. The molecule has 3 rings (SSSR count). The van der Waals surface area contributed by atoms with Gasteiger partial charge < -0.3 is 14.6 Å². The zero-order valence-corrected chi connectivity index (χ0v) is 11.7. The highest BCUT2D eigenvalue weighted by Gasteiger charge is 2.45. The number of carboxylic acids is 1. The van der Waals surface area contributed by atoms with E-state index in [0.29, 0.717) is 37.7 Å². The van der Waals surface area contributed by atoms with Crippen LogP contribution in [0.2, 0.25) is 0 Å². The fourth-order valence-corrected chi connectivity index (χ4v) is 3.07. The van der Waals surface area contributed by atoms with Gasteiger partial charge in [0.1, 0.15) is 5.69 Å². The summed E-state index contributed by atoms with van der Waals surface area (Å²) in [6.07, 6.45) is 5.32. The maximum absolute atomic E-state index is 12.6. The smallest absolute Gasteiger partial charge is 0.311 e. The number of carboxylic acid groups (broad SMARTS) is 1. The lowest BCUT2D eigenvalue weighted by Crippen LogP contribution is -2.37. The fraction of sp³-hybridized carbons (Fsp3) is 0.600. The Morgan fingerprint density at radius 2 is 2.20 bits per heavy atom. The van der Waals surface area contributed by atoms with Gasteiger partial charge in [0, 0.05) is 25.3 Å². The van der Waals surface area contributed by atoms with Gasteiger partial charge in [-0.2, -0.15) is 0 Å². The van der Waals surface area contributed by atoms with Crippen LogP contribution in [0.4, 0.5) is 0 Å². The zero-order valence-electron chi connectivity index (χ0n) is 11.7. The van der Waals surface area contributed by atoms with Crippen molar-refractivity contribution in [1.29, 1.82) is 0 Å². The molecule has 2 aliphatic rings. The summed E-state index contributed by atoms with van der Waals surface area (Å²) in [6.45, 7) is 2.75. The molecule has 1 aliphatic carbocycles. The van der Waals surface area contributed by atoms with Crippen LogP contribution >= 0.6 is 0 Å². The first-order valence-corrected chi connectivity index (χ1v) is 7.27. The predicted octanol–water partition coefficient (Wildman–Crippen LogP) is 2.15. The Morgan fingerprint density at radius 3 is 2.75 bits per heavy atom. The van der Waals surface area contributed by atoms with E-state index in [-0.39, 0.29) is 5.91 Å². The van der Waals surface area contributed by atoms with E-state index in [2.05, 4.69) is 0 Å². The molecule has 1 aromatic rings. The van der Waals surface area contributed by atoms with E-state index in [0.717, 1.165) is 12.8 Å². The van der Waals surface area contributed by atoms with Crippen molar-refractivity contribution in [3.8, 4) is 0 Å². The molecule has 0 radical (unpaired) electrons. The minimum atomic E-state index is -0.784. The molecule has 1 saturated heterocycles. The first kappa shape index (κ1) is 13.2. The maximum atomic E-state index is 12.6. The van der Waals surface area contributed by atoms with Crippen LogP contribution in [0.1, 0.15) is 49.1 Å². The van der Waals surface area contributed by atoms with Crippen LogP contribution in [0.25, 0.3) is 0 Å². The summed E-state index contributed by atoms with van der Waals surface area (Å²) in [5.41, 5.74) is -0.0584. The van der Waals surface area contributed by atoms with E-state index in [4.69, 9.17) is 0 Å². The predicted molar refractivity (Wildman–Crippen MR) is 73.6 cm³/mol. The topological polar surface area (TPSA) is 62.5 Å². The van der Waals surface area contributed by atoms with E-state index in [1.807, 2.05) is 29.8 Å². The maximum Gasteiger partial charge on any atom is 0.311 e. The number of carbonyl (C=O) groups excluding carboxylic acids is 1. The number of hydrogen-bond acceptors (Lipinski definition) is 2. The van der Waals surface area contributed by atoms with E-state index >= 15 is 0 Å². The molecule has 0 spiro atoms. The van der Waals surface area contributed by atoms with Crippen molar-refractivity contribution in [2.24, 2.45) is 5.41 Å². The molecule has 1 unspecified atom stereocenters. The number of carbonyl (C=O) groups is 2. The van der Waals surface area contributed by atoms with E-state index in [9.17, 15) is 14.7 Å². The van der Waals surface area contributed by atoms with Crippen molar-refractivity contribution in [1.82, 2.24) is 9.47 Å². The van der Waals surface area contributed by atoms with Crippen molar-refractivity contribution >= 4 is 11.9 Å².